The van der Waals surface area contributed by atoms with Gasteiger partial charge in [0, 0.05) is 20.1 Å². The van der Waals surface area contributed by atoms with Crippen molar-refractivity contribution in [2.24, 2.45) is 11.3 Å². The summed E-state index contributed by atoms with van der Waals surface area (Å²) in [6.07, 6.45) is 2.68. The molecule has 0 spiro atoms. The predicted molar refractivity (Wildman–Crippen MR) is 190 cm³/mol. The van der Waals surface area contributed by atoms with Crippen molar-refractivity contribution in [3.05, 3.63) is 35.9 Å². The maximum absolute atomic E-state index is 14.2. The molecule has 1 aromatic carbocycles. The minimum Gasteiger partial charge on any atom is -0.444 e. The van der Waals surface area contributed by atoms with Crippen molar-refractivity contribution in [2.45, 2.75) is 123 Å². The van der Waals surface area contributed by atoms with Crippen LogP contribution in [0.2, 0.25) is 0 Å². The van der Waals surface area contributed by atoms with Crippen LogP contribution < -0.4 is 21.3 Å². The van der Waals surface area contributed by atoms with Crippen LogP contribution in [0, 0.1) is 11.3 Å². The number of carbonyl (C=O) groups excluding carboxylic acids is 7. The van der Waals surface area contributed by atoms with E-state index in [1.54, 1.807) is 70.1 Å². The van der Waals surface area contributed by atoms with Crippen LogP contribution in [0.4, 0.5) is 4.79 Å². The number of likely N-dealkylation sites (N-methyl/N-ethyl adjacent to an activating group) is 1. The number of Topliss-reactive ketones (excluding diaryl/α,β-unsaturated/α-hetero) is 1. The largest absolute Gasteiger partial charge is 0.444 e. The normalized spacial score (nSPS) is 20.0. The molecule has 1 saturated carbocycles. The van der Waals surface area contributed by atoms with Gasteiger partial charge in [0.25, 0.3) is 5.91 Å². The Labute approximate surface area is 301 Å². The lowest BCUT2D eigenvalue weighted by Gasteiger charge is -2.40. The van der Waals surface area contributed by atoms with E-state index in [2.05, 4.69) is 21.3 Å². The van der Waals surface area contributed by atoms with Crippen LogP contribution in [-0.4, -0.2) is 102 Å². The number of nitrogens with one attached hydrogen (secondary N) is 4. The number of rotatable bonds is 14. The van der Waals surface area contributed by atoms with Crippen LogP contribution in [0.3, 0.4) is 0 Å². The molecule has 1 saturated heterocycles. The summed E-state index contributed by atoms with van der Waals surface area (Å²) in [7, 11) is 3.12. The number of likely N-dealkylation sites (tertiary alicyclic amines) is 1. The molecule has 1 heterocycles. The molecule has 1 aliphatic carbocycles. The van der Waals surface area contributed by atoms with Crippen LogP contribution >= 0.6 is 0 Å². The number of benzene rings is 1. The van der Waals surface area contributed by atoms with Gasteiger partial charge in [-0.15, -0.1) is 0 Å². The highest BCUT2D eigenvalue weighted by atomic mass is 16.6. The van der Waals surface area contributed by atoms with Crippen molar-refractivity contribution < 1.29 is 38.3 Å². The Balaban J connectivity index is 1.73. The van der Waals surface area contributed by atoms with E-state index in [0.29, 0.717) is 31.2 Å². The maximum Gasteiger partial charge on any atom is 0.408 e. The lowest BCUT2D eigenvalue weighted by molar-refractivity contribution is -0.147. The van der Waals surface area contributed by atoms with Crippen molar-refractivity contribution in [1.82, 2.24) is 31.1 Å². The summed E-state index contributed by atoms with van der Waals surface area (Å²) in [4.78, 5) is 96.0. The fourth-order valence-electron chi connectivity index (χ4n) is 6.61. The van der Waals surface area contributed by atoms with Gasteiger partial charge in [-0.05, 0) is 63.4 Å². The zero-order chi connectivity index (χ0) is 38.3. The Bertz CT molecular complexity index is 1450. The van der Waals surface area contributed by atoms with E-state index in [0.717, 1.165) is 6.42 Å². The number of amides is 6. The third kappa shape index (κ3) is 11.0. The van der Waals surface area contributed by atoms with E-state index in [1.807, 2.05) is 27.7 Å². The summed E-state index contributed by atoms with van der Waals surface area (Å²) >= 11 is 0. The number of piperidine rings is 1. The molecule has 2 fully saturated rings. The van der Waals surface area contributed by atoms with Crippen LogP contribution in [0.25, 0.3) is 0 Å². The summed E-state index contributed by atoms with van der Waals surface area (Å²) in [5, 5.41) is 10.4. The van der Waals surface area contributed by atoms with Crippen molar-refractivity contribution in [2.75, 3.05) is 20.6 Å². The number of ketones is 1. The summed E-state index contributed by atoms with van der Waals surface area (Å²) in [6.45, 7) is 12.0. The molecule has 3 rings (SSSR count). The van der Waals surface area contributed by atoms with Gasteiger partial charge in [0.1, 0.15) is 23.7 Å². The number of unbranched alkanes of at least 4 members (excludes halogenated alkanes) is 1. The van der Waals surface area contributed by atoms with E-state index < -0.39 is 77.2 Å². The second kappa shape index (κ2) is 17.1. The molecule has 14 heteroatoms. The maximum atomic E-state index is 14.2. The first kappa shape index (κ1) is 40.9. The van der Waals surface area contributed by atoms with Crippen LogP contribution in [0.5, 0.6) is 0 Å². The quantitative estimate of drug-likeness (QED) is 0.212. The average Bonchev–Trinajstić information content (AvgIpc) is 3.67. The first-order valence-corrected chi connectivity index (χ1v) is 17.7. The molecule has 2 aliphatic rings. The van der Waals surface area contributed by atoms with E-state index in [9.17, 15) is 33.6 Å². The average molecular weight is 713 g/mol. The molecule has 1 aromatic rings. The number of nitrogens with zero attached hydrogens (tertiary/aromatic N) is 2. The second-order valence-corrected chi connectivity index (χ2v) is 15.8. The SMILES string of the molecule is CCCCC(NC(=O)[C@@H]1C2CCC(C2)N1C(=O)[C@@H](NC(=O)OC(C)(C)C)C(C)(C)C)C(=O)C(=O)NCC(=O)N[C@H](C(=O)N(C)C)c1ccccc1. The highest BCUT2D eigenvalue weighted by Crippen LogP contribution is 2.43. The number of ether oxygens (including phenoxy) is 1. The Kier molecular flexibility index (Phi) is 13.8. The number of fused-ring (bicyclic) bond motifs is 2. The summed E-state index contributed by atoms with van der Waals surface area (Å²) in [6, 6.07) is 4.35. The van der Waals surface area contributed by atoms with Gasteiger partial charge < -0.3 is 35.8 Å². The van der Waals surface area contributed by atoms with Crippen molar-refractivity contribution in [3.8, 4) is 0 Å². The zero-order valence-electron chi connectivity index (χ0n) is 31.5. The van der Waals surface area contributed by atoms with Crippen molar-refractivity contribution in [3.63, 3.8) is 0 Å². The Morgan fingerprint density at radius 1 is 0.922 bits per heavy atom. The molecule has 6 amide bonds. The minimum absolute atomic E-state index is 0.150. The number of hydrogen-bond acceptors (Lipinski definition) is 8. The van der Waals surface area contributed by atoms with Crippen molar-refractivity contribution >= 4 is 41.4 Å². The molecule has 0 aromatic heterocycles. The first-order chi connectivity index (χ1) is 23.7. The van der Waals surface area contributed by atoms with Crippen molar-refractivity contribution in [1.29, 1.82) is 0 Å². The van der Waals surface area contributed by atoms with Crippen LogP contribution in [0.15, 0.2) is 30.3 Å². The van der Waals surface area contributed by atoms with E-state index >= 15 is 0 Å². The van der Waals surface area contributed by atoms with Crippen LogP contribution in [0.1, 0.15) is 98.6 Å². The van der Waals surface area contributed by atoms with Gasteiger partial charge in [-0.1, -0.05) is 70.9 Å². The highest BCUT2D eigenvalue weighted by Gasteiger charge is 2.54. The first-order valence-electron chi connectivity index (χ1n) is 17.7. The number of alkyl carbamates (subject to hydrolysis) is 1. The monoisotopic (exact) mass is 712 g/mol. The van der Waals surface area contributed by atoms with Gasteiger partial charge in [-0.3, -0.25) is 28.8 Å². The fraction of sp³-hybridized carbons (Fsp3) is 0.649. The molecule has 282 valence electrons. The van der Waals surface area contributed by atoms with Gasteiger partial charge in [0.05, 0.1) is 12.6 Å². The number of hydrogen-bond donors (Lipinski definition) is 4. The third-order valence-electron chi connectivity index (χ3n) is 9.12. The van der Waals surface area contributed by atoms with Gasteiger partial charge >= 0.3 is 6.09 Å². The molecule has 1 aliphatic heterocycles. The van der Waals surface area contributed by atoms with E-state index in [1.165, 1.54) is 4.90 Å². The Morgan fingerprint density at radius 2 is 1.57 bits per heavy atom. The lowest BCUT2D eigenvalue weighted by atomic mass is 9.85. The third-order valence-corrected chi connectivity index (χ3v) is 9.12. The zero-order valence-corrected chi connectivity index (χ0v) is 31.5. The lowest BCUT2D eigenvalue weighted by Crippen LogP contribution is -2.62. The molecule has 51 heavy (non-hydrogen) atoms. The predicted octanol–water partition coefficient (Wildman–Crippen LogP) is 2.61. The minimum atomic E-state index is -1.19. The molecular weight excluding hydrogens is 656 g/mol. The molecule has 14 nitrogen and oxygen atoms in total. The Hall–Kier alpha value is -4.49. The smallest absolute Gasteiger partial charge is 0.408 e. The topological polar surface area (TPSA) is 183 Å². The van der Waals surface area contributed by atoms with Gasteiger partial charge in [-0.25, -0.2) is 4.79 Å². The Morgan fingerprint density at radius 3 is 2.14 bits per heavy atom. The second-order valence-electron chi connectivity index (χ2n) is 15.8. The molecule has 0 radical (unpaired) electrons. The summed E-state index contributed by atoms with van der Waals surface area (Å²) in [5.41, 5.74) is -0.949. The molecule has 6 atom stereocenters. The molecule has 2 bridgehead atoms. The number of carbonyl (C=O) groups is 7. The van der Waals surface area contributed by atoms with Gasteiger partial charge in [0.2, 0.25) is 29.4 Å². The highest BCUT2D eigenvalue weighted by molar-refractivity contribution is 6.38. The van der Waals surface area contributed by atoms with Gasteiger partial charge in [-0.2, -0.15) is 0 Å². The van der Waals surface area contributed by atoms with Gasteiger partial charge in [0.15, 0.2) is 0 Å². The summed E-state index contributed by atoms with van der Waals surface area (Å²) in [5.74, 6) is -4.15. The van der Waals surface area contributed by atoms with E-state index in [4.69, 9.17) is 4.74 Å². The van der Waals surface area contributed by atoms with E-state index in [-0.39, 0.29) is 24.3 Å². The molecular formula is C37H56N6O8. The molecule has 3 unspecified atom stereocenters. The molecule has 4 N–H and O–H groups in total. The fourth-order valence-corrected chi connectivity index (χ4v) is 6.61. The standard InChI is InChI=1S/C37H56N6O8/c1-10-11-17-25(29(45)32(47)38-21-26(44)40-27(33(48)42(8)9)22-15-13-12-14-16-22)39-31(46)28-23-18-19-24(20-23)43(28)34(49)30(36(2,3)4)41-35(50)51-37(5,6)7/h12-16,23-25,27-28,30H,10-11,17-21H2,1-9H3,(H,38,47)(H,39,46)(H,40,44)(H,41,50)/t23?,24?,25?,27-,28-,30+/m0/s1. The van der Waals surface area contributed by atoms with Crippen LogP contribution in [-0.2, 0) is 33.5 Å². The summed E-state index contributed by atoms with van der Waals surface area (Å²) < 4.78 is 5.43.